The van der Waals surface area contributed by atoms with Crippen molar-refractivity contribution in [2.24, 2.45) is 4.40 Å². The van der Waals surface area contributed by atoms with Crippen LogP contribution in [-0.2, 0) is 21.3 Å². The van der Waals surface area contributed by atoms with Gasteiger partial charge in [-0.15, -0.1) is 4.40 Å². The van der Waals surface area contributed by atoms with Crippen molar-refractivity contribution in [1.29, 1.82) is 0 Å². The molecule has 1 aliphatic rings. The highest BCUT2D eigenvalue weighted by molar-refractivity contribution is 7.90. The number of fused-ring (bicyclic) bond motifs is 1. The summed E-state index contributed by atoms with van der Waals surface area (Å²) in [6.07, 6.45) is 1.31. The summed E-state index contributed by atoms with van der Waals surface area (Å²) in [4.78, 5) is 13.4. The molecule has 2 aromatic carbocycles. The molecule has 0 amide bonds. The molecule has 0 radical (unpaired) electrons. The second-order valence-corrected chi connectivity index (χ2v) is 6.58. The van der Waals surface area contributed by atoms with E-state index in [1.807, 2.05) is 0 Å². The summed E-state index contributed by atoms with van der Waals surface area (Å²) in [5, 5.41) is 0. The van der Waals surface area contributed by atoms with Crippen LogP contribution in [0.2, 0.25) is 0 Å². The average molecular weight is 330 g/mol. The second-order valence-electron chi connectivity index (χ2n) is 4.98. The molecule has 0 aromatic heterocycles. The minimum atomic E-state index is -3.62. The lowest BCUT2D eigenvalue weighted by Crippen LogP contribution is -2.26. The molecular formula is C16H14N2O4S. The van der Waals surface area contributed by atoms with Gasteiger partial charge in [-0.05, 0) is 29.8 Å². The number of esters is 1. The normalized spacial score (nSPS) is 15.1. The number of hydrogen-bond acceptors (Lipinski definition) is 5. The number of carbonyl (C=O) groups is 1. The molecule has 6 nitrogen and oxygen atoms in total. The molecule has 1 aliphatic heterocycles. The standard InChI is InChI=1S/C16H14N2O4S/c1-22-16(19)13-8-6-12(7-9-13)10-18-11-17-23(20,21)15-5-3-2-4-14(15)18/h2-9,11H,10H2,1H3. The van der Waals surface area contributed by atoms with Crippen LogP contribution in [0.5, 0.6) is 0 Å². The maximum absolute atomic E-state index is 11.9. The van der Waals surface area contributed by atoms with Gasteiger partial charge in [0.05, 0.1) is 18.4 Å². The minimum Gasteiger partial charge on any atom is -0.465 e. The predicted molar refractivity (Wildman–Crippen MR) is 86.1 cm³/mol. The van der Waals surface area contributed by atoms with Crippen molar-refractivity contribution in [1.82, 2.24) is 0 Å². The van der Waals surface area contributed by atoms with E-state index in [1.165, 1.54) is 19.5 Å². The van der Waals surface area contributed by atoms with Crippen molar-refractivity contribution in [3.63, 3.8) is 0 Å². The highest BCUT2D eigenvalue weighted by atomic mass is 32.2. The number of benzene rings is 2. The Balaban J connectivity index is 1.88. The van der Waals surface area contributed by atoms with Crippen LogP contribution in [0.25, 0.3) is 0 Å². The molecule has 0 bridgehead atoms. The molecule has 0 atom stereocenters. The molecule has 1 heterocycles. The number of para-hydroxylation sites is 1. The van der Waals surface area contributed by atoms with Crippen LogP contribution in [0.4, 0.5) is 5.69 Å². The Morgan fingerprint density at radius 2 is 1.83 bits per heavy atom. The first-order valence-electron chi connectivity index (χ1n) is 6.85. The van der Waals surface area contributed by atoms with Crippen LogP contribution in [0.3, 0.4) is 0 Å². The Bertz CT molecular complexity index is 873. The lowest BCUT2D eigenvalue weighted by Gasteiger charge is -2.25. The van der Waals surface area contributed by atoms with E-state index in [1.54, 1.807) is 47.4 Å². The van der Waals surface area contributed by atoms with Gasteiger partial charge in [-0.3, -0.25) is 0 Å². The van der Waals surface area contributed by atoms with Crippen molar-refractivity contribution < 1.29 is 17.9 Å². The van der Waals surface area contributed by atoms with Crippen molar-refractivity contribution in [3.05, 3.63) is 59.7 Å². The summed E-state index contributed by atoms with van der Waals surface area (Å²) in [5.41, 5.74) is 1.96. The molecule has 0 unspecified atom stereocenters. The van der Waals surface area contributed by atoms with Crippen LogP contribution < -0.4 is 4.90 Å². The van der Waals surface area contributed by atoms with E-state index < -0.39 is 16.0 Å². The monoisotopic (exact) mass is 330 g/mol. The molecule has 7 heteroatoms. The fraction of sp³-hybridized carbons (Fsp3) is 0.125. The van der Waals surface area contributed by atoms with Crippen LogP contribution in [-0.4, -0.2) is 27.8 Å². The summed E-state index contributed by atoms with van der Waals surface area (Å²) >= 11 is 0. The van der Waals surface area contributed by atoms with E-state index in [2.05, 4.69) is 9.13 Å². The van der Waals surface area contributed by atoms with Crippen LogP contribution in [0.15, 0.2) is 57.8 Å². The molecule has 2 aromatic rings. The SMILES string of the molecule is COC(=O)c1ccc(CN2C=NS(=O)(=O)c3ccccc32)cc1. The molecule has 0 spiro atoms. The quantitative estimate of drug-likeness (QED) is 0.807. The fourth-order valence-corrected chi connectivity index (χ4v) is 3.39. The Labute approximate surface area is 134 Å². The molecule has 0 saturated heterocycles. The highest BCUT2D eigenvalue weighted by Gasteiger charge is 2.24. The second kappa shape index (κ2) is 5.85. The summed E-state index contributed by atoms with van der Waals surface area (Å²) < 4.78 is 32.2. The molecule has 3 rings (SSSR count). The molecule has 23 heavy (non-hydrogen) atoms. The van der Waals surface area contributed by atoms with Gasteiger partial charge in [0.2, 0.25) is 0 Å². The van der Waals surface area contributed by atoms with Gasteiger partial charge >= 0.3 is 5.97 Å². The predicted octanol–water partition coefficient (Wildman–Crippen LogP) is 2.21. The first-order valence-corrected chi connectivity index (χ1v) is 8.29. The zero-order valence-corrected chi connectivity index (χ0v) is 13.2. The summed E-state index contributed by atoms with van der Waals surface area (Å²) in [7, 11) is -2.29. The van der Waals surface area contributed by atoms with E-state index in [-0.39, 0.29) is 4.90 Å². The van der Waals surface area contributed by atoms with Gasteiger partial charge in [-0.25, -0.2) is 4.79 Å². The molecule has 0 N–H and O–H groups in total. The topological polar surface area (TPSA) is 76.0 Å². The highest BCUT2D eigenvalue weighted by Crippen LogP contribution is 2.30. The number of ether oxygens (including phenoxy) is 1. The third-order valence-corrected chi connectivity index (χ3v) is 4.78. The number of anilines is 1. The lowest BCUT2D eigenvalue weighted by atomic mass is 10.1. The van der Waals surface area contributed by atoms with Crippen LogP contribution >= 0.6 is 0 Å². The van der Waals surface area contributed by atoms with Gasteiger partial charge in [0.1, 0.15) is 11.2 Å². The number of carbonyl (C=O) groups excluding carboxylic acids is 1. The minimum absolute atomic E-state index is 0.189. The van der Waals surface area contributed by atoms with Crippen molar-refractivity contribution in [2.75, 3.05) is 12.0 Å². The third-order valence-electron chi connectivity index (χ3n) is 3.51. The number of sulfonamides is 1. The fourth-order valence-electron chi connectivity index (χ4n) is 2.34. The molecule has 0 aliphatic carbocycles. The van der Waals surface area contributed by atoms with Gasteiger partial charge in [0.25, 0.3) is 10.0 Å². The van der Waals surface area contributed by atoms with Gasteiger partial charge in [0, 0.05) is 6.54 Å². The number of methoxy groups -OCH3 is 1. The van der Waals surface area contributed by atoms with Gasteiger partial charge in [0.15, 0.2) is 0 Å². The maximum atomic E-state index is 11.9. The Hall–Kier alpha value is -2.67. The maximum Gasteiger partial charge on any atom is 0.337 e. The summed E-state index contributed by atoms with van der Waals surface area (Å²) in [6.45, 7) is 0.442. The van der Waals surface area contributed by atoms with E-state index >= 15 is 0 Å². The summed E-state index contributed by atoms with van der Waals surface area (Å²) in [5.74, 6) is -0.396. The van der Waals surface area contributed by atoms with Crippen molar-refractivity contribution in [2.45, 2.75) is 11.4 Å². The molecule has 0 fully saturated rings. The molecular weight excluding hydrogens is 316 g/mol. The summed E-state index contributed by atoms with van der Waals surface area (Å²) in [6, 6.07) is 13.7. The van der Waals surface area contributed by atoms with Gasteiger partial charge in [-0.1, -0.05) is 24.3 Å². The average Bonchev–Trinajstić information content (AvgIpc) is 2.58. The zero-order valence-electron chi connectivity index (χ0n) is 12.3. The Morgan fingerprint density at radius 3 is 2.52 bits per heavy atom. The first-order chi connectivity index (χ1) is 11.0. The first kappa shape index (κ1) is 15.2. The molecule has 118 valence electrons. The van der Waals surface area contributed by atoms with Crippen LogP contribution in [0, 0.1) is 0 Å². The number of hydrogen-bond donors (Lipinski definition) is 0. The van der Waals surface area contributed by atoms with E-state index in [9.17, 15) is 13.2 Å². The smallest absolute Gasteiger partial charge is 0.337 e. The van der Waals surface area contributed by atoms with E-state index in [0.717, 1.165) is 5.56 Å². The van der Waals surface area contributed by atoms with E-state index in [4.69, 9.17) is 0 Å². The largest absolute Gasteiger partial charge is 0.465 e. The van der Waals surface area contributed by atoms with Crippen LogP contribution in [0.1, 0.15) is 15.9 Å². The Morgan fingerprint density at radius 1 is 1.13 bits per heavy atom. The van der Waals surface area contributed by atoms with Gasteiger partial charge in [-0.2, -0.15) is 8.42 Å². The number of rotatable bonds is 3. The van der Waals surface area contributed by atoms with E-state index in [0.29, 0.717) is 17.8 Å². The van der Waals surface area contributed by atoms with Crippen molar-refractivity contribution >= 4 is 28.0 Å². The third kappa shape index (κ3) is 2.95. The lowest BCUT2D eigenvalue weighted by molar-refractivity contribution is 0.0600. The Kier molecular flexibility index (Phi) is 3.87. The van der Waals surface area contributed by atoms with Gasteiger partial charge < -0.3 is 9.64 Å². The zero-order chi connectivity index (χ0) is 16.4. The van der Waals surface area contributed by atoms with Crippen molar-refractivity contribution in [3.8, 4) is 0 Å². The molecule has 0 saturated carbocycles. The number of nitrogens with zero attached hydrogens (tertiary/aromatic N) is 2.